The molecule has 0 unspecified atom stereocenters. The van der Waals surface area contributed by atoms with Gasteiger partial charge in [-0.15, -0.1) is 23.2 Å². The van der Waals surface area contributed by atoms with Crippen LogP contribution in [0.1, 0.15) is 23.9 Å². The van der Waals surface area contributed by atoms with Crippen LogP contribution < -0.4 is 21.0 Å². The van der Waals surface area contributed by atoms with E-state index in [1.807, 2.05) is 0 Å². The van der Waals surface area contributed by atoms with E-state index in [9.17, 15) is 37.5 Å². The zero-order chi connectivity index (χ0) is 33.2. The third kappa shape index (κ3) is 3.77. The molecule has 1 aromatic heterocycles. The lowest BCUT2D eigenvalue weighted by atomic mass is 9.64. The summed E-state index contributed by atoms with van der Waals surface area (Å²) in [5.41, 5.74) is -3.37. The lowest BCUT2D eigenvalue weighted by molar-refractivity contribution is -0.122. The number of fused-ring (bicyclic) bond motifs is 4. The number of benzene rings is 2. The highest BCUT2D eigenvalue weighted by atomic mass is 79.9. The van der Waals surface area contributed by atoms with Gasteiger partial charge in [-0.3, -0.25) is 9.59 Å². The first-order chi connectivity index (χ1) is 21.0. The average Bonchev–Trinajstić information content (AvgIpc) is 3.32. The molecule has 3 aromatic rings. The number of nitrogens with zero attached hydrogens (tertiary/aromatic N) is 4. The molecule has 6 rings (SSSR count). The predicted octanol–water partition coefficient (Wildman–Crippen LogP) is 4.48. The van der Waals surface area contributed by atoms with Crippen LogP contribution in [0.2, 0.25) is 0 Å². The highest BCUT2D eigenvalue weighted by Crippen LogP contribution is 2.65. The van der Waals surface area contributed by atoms with Crippen LogP contribution >= 0.6 is 55.1 Å². The molecule has 19 heteroatoms. The number of ether oxygens (including phenoxy) is 1. The third-order valence-corrected chi connectivity index (χ3v) is 12.0. The molecule has 4 atom stereocenters. The van der Waals surface area contributed by atoms with E-state index in [2.05, 4.69) is 31.9 Å². The predicted molar refractivity (Wildman–Crippen MR) is 154 cm³/mol. The van der Waals surface area contributed by atoms with Gasteiger partial charge in [0.2, 0.25) is 5.82 Å². The van der Waals surface area contributed by atoms with E-state index in [0.29, 0.717) is 0 Å². The summed E-state index contributed by atoms with van der Waals surface area (Å²) in [5, 5.41) is 10.6. The van der Waals surface area contributed by atoms with E-state index in [1.54, 1.807) is 0 Å². The first kappa shape index (κ1) is 31.8. The molecular weight excluding hydrogens is 790 g/mol. The number of allylic oxidation sites excluding steroid dienone is 2. The monoisotopic (exact) mass is 802 g/mol. The number of anilines is 1. The van der Waals surface area contributed by atoms with Crippen molar-refractivity contribution < 1.29 is 41.4 Å². The van der Waals surface area contributed by atoms with Gasteiger partial charge in [0, 0.05) is 23.9 Å². The number of amides is 2. The van der Waals surface area contributed by atoms with Gasteiger partial charge in [-0.1, -0.05) is 6.08 Å². The topological polar surface area (TPSA) is 116 Å². The van der Waals surface area contributed by atoms with Gasteiger partial charge in [-0.2, -0.15) is 0 Å². The summed E-state index contributed by atoms with van der Waals surface area (Å²) in [6, 6.07) is -0.0820. The van der Waals surface area contributed by atoms with Crippen LogP contribution in [0.4, 0.5) is 27.6 Å². The van der Waals surface area contributed by atoms with E-state index in [1.165, 1.54) is 26.3 Å². The lowest BCUT2D eigenvalue weighted by Gasteiger charge is -2.49. The summed E-state index contributed by atoms with van der Waals surface area (Å²) in [5.74, 6) is -17.9. The molecule has 0 spiro atoms. The van der Waals surface area contributed by atoms with Gasteiger partial charge >= 0.3 is 11.4 Å². The van der Waals surface area contributed by atoms with Crippen molar-refractivity contribution in [1.82, 2.24) is 13.9 Å². The van der Waals surface area contributed by atoms with Gasteiger partial charge in [0.05, 0.1) is 24.2 Å². The summed E-state index contributed by atoms with van der Waals surface area (Å²) in [4.78, 5) is 48.7. The number of phenols is 1. The van der Waals surface area contributed by atoms with Crippen molar-refractivity contribution >= 4 is 72.6 Å². The Balaban J connectivity index is 1.70. The standard InChI is InChI=1S/C26H15Br2Cl2F5N4O6/c1-36-23(43)37-4-3-7-9(39(37)24(36)44)6-25(29)21(41)38(19-17(34)15(32)14(31)16(33)18(19)35)22(42)26(25,30)11(7)8-5-10(45-2)20(40)13(28)12(8)27/h3,5,9,11,40H,4,6H2,1-2H3/t9-,11-,25-,26+/m1/s1. The minimum Gasteiger partial charge on any atom is -0.503 e. The van der Waals surface area contributed by atoms with E-state index >= 15 is 8.78 Å². The number of rotatable bonds is 3. The summed E-state index contributed by atoms with van der Waals surface area (Å²) >= 11 is 20.6. The molecule has 3 heterocycles. The lowest BCUT2D eigenvalue weighted by Crippen LogP contribution is -2.59. The van der Waals surface area contributed by atoms with Crippen LogP contribution in [0.25, 0.3) is 0 Å². The summed E-state index contributed by atoms with van der Waals surface area (Å²) in [6.07, 6.45) is 0.698. The highest BCUT2D eigenvalue weighted by Gasteiger charge is 2.76. The second-order valence-corrected chi connectivity index (χ2v) is 13.3. The number of methoxy groups -OCH3 is 1. The average molecular weight is 805 g/mol. The Labute approximate surface area is 274 Å². The van der Waals surface area contributed by atoms with Crippen molar-refractivity contribution in [2.24, 2.45) is 7.05 Å². The number of aromatic hydroxyl groups is 1. The maximum Gasteiger partial charge on any atom is 0.347 e. The van der Waals surface area contributed by atoms with Gasteiger partial charge in [-0.05, 0) is 49.1 Å². The molecule has 1 N–H and O–H groups in total. The maximum absolute atomic E-state index is 15.1. The first-order valence-corrected chi connectivity index (χ1v) is 14.9. The molecule has 0 radical (unpaired) electrons. The Morgan fingerprint density at radius 3 is 2.09 bits per heavy atom. The summed E-state index contributed by atoms with van der Waals surface area (Å²) in [6.45, 7) is -0.239. The zero-order valence-corrected chi connectivity index (χ0v) is 27.1. The SMILES string of the molecule is COc1cc([C@H]2C3=CCn4c(=O)n(C)c(=O)n4[C@@H]3C[C@@]3(Cl)C(=O)N(c4c(F)c(F)c(F)c(F)c4F)C(=O)[C@@]23Cl)c(Br)c(Br)c1O. The molecule has 238 valence electrons. The number of imide groups is 1. The smallest absolute Gasteiger partial charge is 0.347 e. The summed E-state index contributed by atoms with van der Waals surface area (Å²) < 4.78 is 80.8. The Bertz CT molecular complexity index is 2040. The van der Waals surface area contributed by atoms with Gasteiger partial charge in [-0.25, -0.2) is 50.4 Å². The molecule has 2 amide bonds. The van der Waals surface area contributed by atoms with Crippen molar-refractivity contribution in [3.05, 3.63) is 82.3 Å². The minimum absolute atomic E-state index is 0.00677. The molecule has 1 saturated carbocycles. The zero-order valence-electron chi connectivity index (χ0n) is 22.4. The quantitative estimate of drug-likeness (QED) is 0.104. The normalized spacial score (nSPS) is 25.7. The van der Waals surface area contributed by atoms with Crippen molar-refractivity contribution in [3.8, 4) is 11.5 Å². The molecule has 1 saturated heterocycles. The molecule has 2 aromatic carbocycles. The highest BCUT2D eigenvalue weighted by molar-refractivity contribution is 9.13. The van der Waals surface area contributed by atoms with Gasteiger partial charge in [0.15, 0.2) is 44.5 Å². The van der Waals surface area contributed by atoms with Crippen LogP contribution in [0.5, 0.6) is 11.5 Å². The van der Waals surface area contributed by atoms with Gasteiger partial charge in [0.25, 0.3) is 11.8 Å². The second kappa shape index (κ2) is 10.2. The van der Waals surface area contributed by atoms with Crippen LogP contribution in [-0.2, 0) is 23.2 Å². The fourth-order valence-electron chi connectivity index (χ4n) is 6.26. The molecule has 45 heavy (non-hydrogen) atoms. The summed E-state index contributed by atoms with van der Waals surface area (Å²) in [7, 11) is 2.39. The van der Waals surface area contributed by atoms with Gasteiger partial charge in [0.1, 0.15) is 5.69 Å². The number of alkyl halides is 2. The van der Waals surface area contributed by atoms with Gasteiger partial charge < -0.3 is 9.84 Å². The van der Waals surface area contributed by atoms with Crippen LogP contribution in [0.3, 0.4) is 0 Å². The third-order valence-electron chi connectivity index (χ3n) is 8.38. The Kier molecular flexibility index (Phi) is 7.19. The molecule has 10 nitrogen and oxygen atoms in total. The molecule has 2 fully saturated rings. The molecular formula is C26H15Br2Cl2F5N4O6. The maximum atomic E-state index is 15.1. The number of carbonyl (C=O) groups excluding carboxylic acids is 2. The number of carbonyl (C=O) groups is 2. The number of hydrogen-bond donors (Lipinski definition) is 1. The second-order valence-electron chi connectivity index (χ2n) is 10.4. The van der Waals surface area contributed by atoms with Crippen LogP contribution in [0, 0.1) is 29.1 Å². The van der Waals surface area contributed by atoms with E-state index < -0.39 is 91.8 Å². The number of aromatic nitrogens is 3. The fraction of sp³-hybridized carbons (Fsp3) is 0.308. The van der Waals surface area contributed by atoms with Crippen molar-refractivity contribution in [1.29, 1.82) is 0 Å². The molecule has 2 aliphatic heterocycles. The Morgan fingerprint density at radius 2 is 1.51 bits per heavy atom. The van der Waals surface area contributed by atoms with E-state index in [4.69, 9.17) is 27.9 Å². The molecule has 0 bridgehead atoms. The van der Waals surface area contributed by atoms with E-state index in [0.717, 1.165) is 13.9 Å². The molecule has 1 aliphatic carbocycles. The number of hydrogen-bond acceptors (Lipinski definition) is 6. The van der Waals surface area contributed by atoms with Crippen molar-refractivity contribution in [2.45, 2.75) is 34.7 Å². The number of halogens is 9. The fourth-order valence-corrected chi connectivity index (χ4v) is 8.12. The largest absolute Gasteiger partial charge is 0.503 e. The Hall–Kier alpha value is -3.15. The number of phenolic OH excluding ortho intramolecular Hbond substituents is 1. The van der Waals surface area contributed by atoms with Crippen molar-refractivity contribution in [2.75, 3.05) is 12.0 Å². The van der Waals surface area contributed by atoms with E-state index in [-0.39, 0.29) is 37.3 Å². The van der Waals surface area contributed by atoms with Crippen LogP contribution in [-0.4, -0.2) is 47.7 Å². The Morgan fingerprint density at radius 1 is 0.933 bits per heavy atom. The molecule has 3 aliphatic rings. The van der Waals surface area contributed by atoms with Crippen molar-refractivity contribution in [3.63, 3.8) is 0 Å². The minimum atomic E-state index is -2.76. The van der Waals surface area contributed by atoms with Crippen LogP contribution in [0.15, 0.2) is 36.3 Å². The first-order valence-electron chi connectivity index (χ1n) is 12.6.